The Morgan fingerprint density at radius 2 is 1.79 bits per heavy atom. The average Bonchev–Trinajstić information content (AvgIpc) is 2.41. The Labute approximate surface area is 112 Å². The molecule has 1 saturated heterocycles. The van der Waals surface area contributed by atoms with Crippen molar-refractivity contribution in [3.63, 3.8) is 0 Å². The second-order valence-corrected chi connectivity index (χ2v) is 4.95. The lowest BCUT2D eigenvalue weighted by Gasteiger charge is -2.45. The van der Waals surface area contributed by atoms with Crippen LogP contribution < -0.4 is 5.32 Å². The molecular weight excluding hydrogens is 254 g/mol. The fraction of sp³-hybridized carbons (Fsp3) is 1.00. The molecule has 1 rings (SSSR count). The average molecular weight is 279 g/mol. The van der Waals surface area contributed by atoms with Crippen LogP contribution in [0.4, 0.5) is 0 Å². The van der Waals surface area contributed by atoms with Gasteiger partial charge in [0, 0.05) is 6.54 Å². The molecule has 6 N–H and O–H groups in total. The highest BCUT2D eigenvalue weighted by molar-refractivity contribution is 4.94. The molecule has 0 aromatic carbocycles. The number of rotatable bonds is 7. The molecule has 0 bridgehead atoms. The SMILES string of the molecule is CCCCCCN[C@@]1(O)O[C@H](CO)[C@H](O)[C@H](O)[C@H]1O. The first-order valence-corrected chi connectivity index (χ1v) is 6.76. The van der Waals surface area contributed by atoms with Crippen LogP contribution in [-0.4, -0.2) is 69.0 Å². The summed E-state index contributed by atoms with van der Waals surface area (Å²) in [4.78, 5) is 0. The van der Waals surface area contributed by atoms with E-state index in [0.717, 1.165) is 25.7 Å². The molecule has 0 radical (unpaired) electrons. The van der Waals surface area contributed by atoms with E-state index in [-0.39, 0.29) is 0 Å². The van der Waals surface area contributed by atoms with Gasteiger partial charge in [-0.15, -0.1) is 0 Å². The van der Waals surface area contributed by atoms with Crippen LogP contribution in [0.3, 0.4) is 0 Å². The molecule has 7 nitrogen and oxygen atoms in total. The van der Waals surface area contributed by atoms with Crippen LogP contribution in [0.15, 0.2) is 0 Å². The molecule has 0 amide bonds. The number of aliphatic hydroxyl groups excluding tert-OH is 4. The monoisotopic (exact) mass is 279 g/mol. The number of hydrogen-bond acceptors (Lipinski definition) is 7. The molecule has 0 aromatic heterocycles. The predicted molar refractivity (Wildman–Crippen MR) is 67.1 cm³/mol. The fourth-order valence-electron chi connectivity index (χ4n) is 2.12. The molecule has 19 heavy (non-hydrogen) atoms. The molecule has 1 aliphatic heterocycles. The van der Waals surface area contributed by atoms with Crippen LogP contribution >= 0.6 is 0 Å². The Morgan fingerprint density at radius 3 is 2.37 bits per heavy atom. The van der Waals surface area contributed by atoms with Crippen molar-refractivity contribution in [1.82, 2.24) is 5.32 Å². The number of unbranched alkanes of at least 4 members (excludes halogenated alkanes) is 3. The Morgan fingerprint density at radius 1 is 1.11 bits per heavy atom. The van der Waals surface area contributed by atoms with E-state index in [1.807, 2.05) is 0 Å². The maximum absolute atomic E-state index is 10.1. The van der Waals surface area contributed by atoms with E-state index >= 15 is 0 Å². The second-order valence-electron chi connectivity index (χ2n) is 4.95. The van der Waals surface area contributed by atoms with E-state index < -0.39 is 36.9 Å². The zero-order valence-electron chi connectivity index (χ0n) is 11.2. The summed E-state index contributed by atoms with van der Waals surface area (Å²) < 4.78 is 5.06. The predicted octanol–water partition coefficient (Wildman–Crippen LogP) is -1.72. The lowest BCUT2D eigenvalue weighted by molar-refractivity contribution is -0.361. The molecule has 0 unspecified atom stereocenters. The molecule has 1 fully saturated rings. The highest BCUT2D eigenvalue weighted by Gasteiger charge is 2.52. The topological polar surface area (TPSA) is 122 Å². The van der Waals surface area contributed by atoms with Gasteiger partial charge in [-0.3, -0.25) is 5.32 Å². The lowest BCUT2D eigenvalue weighted by Crippen LogP contribution is -2.70. The first-order valence-electron chi connectivity index (χ1n) is 6.76. The third-order valence-corrected chi connectivity index (χ3v) is 3.37. The Balaban J connectivity index is 2.52. The van der Waals surface area contributed by atoms with E-state index in [0.29, 0.717) is 6.54 Å². The number of ether oxygens (including phenoxy) is 1. The summed E-state index contributed by atoms with van der Waals surface area (Å²) in [6.07, 6.45) is -1.94. The van der Waals surface area contributed by atoms with Crippen molar-refractivity contribution in [2.75, 3.05) is 13.2 Å². The lowest BCUT2D eigenvalue weighted by atomic mass is 9.96. The summed E-state index contributed by atoms with van der Waals surface area (Å²) in [5.41, 5.74) is 0. The normalized spacial score (nSPS) is 39.5. The first kappa shape index (κ1) is 16.8. The van der Waals surface area contributed by atoms with Gasteiger partial charge in [0.1, 0.15) is 18.3 Å². The Hall–Kier alpha value is -0.280. The minimum absolute atomic E-state index is 0.397. The van der Waals surface area contributed by atoms with Crippen LogP contribution in [-0.2, 0) is 4.74 Å². The Kier molecular flexibility index (Phi) is 6.61. The largest absolute Gasteiger partial charge is 0.394 e. The van der Waals surface area contributed by atoms with Gasteiger partial charge in [-0.25, -0.2) is 0 Å². The van der Waals surface area contributed by atoms with Gasteiger partial charge in [-0.1, -0.05) is 26.2 Å². The zero-order chi connectivity index (χ0) is 14.5. The Bertz CT molecular complexity index is 265. The van der Waals surface area contributed by atoms with Gasteiger partial charge in [0.2, 0.25) is 0 Å². The van der Waals surface area contributed by atoms with Crippen molar-refractivity contribution >= 4 is 0 Å². The van der Waals surface area contributed by atoms with Crippen molar-refractivity contribution in [3.8, 4) is 0 Å². The van der Waals surface area contributed by atoms with Crippen molar-refractivity contribution in [2.45, 2.75) is 62.9 Å². The molecule has 0 spiro atoms. The molecule has 5 atom stereocenters. The summed E-state index contributed by atoms with van der Waals surface area (Å²) >= 11 is 0. The van der Waals surface area contributed by atoms with Gasteiger partial charge < -0.3 is 30.3 Å². The fourth-order valence-corrected chi connectivity index (χ4v) is 2.12. The first-order chi connectivity index (χ1) is 8.96. The standard InChI is InChI=1S/C12H25NO6/c1-2-3-4-5-6-13-12(18)11(17)10(16)9(15)8(7-14)19-12/h8-11,13-18H,2-7H2,1H3/t8-,9+,10+,11-,12+/m1/s1. The van der Waals surface area contributed by atoms with Crippen molar-refractivity contribution in [3.05, 3.63) is 0 Å². The summed E-state index contributed by atoms with van der Waals surface area (Å²) in [5.74, 6) is -2.15. The van der Waals surface area contributed by atoms with Gasteiger partial charge in [0.25, 0.3) is 5.91 Å². The highest BCUT2D eigenvalue weighted by Crippen LogP contribution is 2.26. The molecule has 0 saturated carbocycles. The second kappa shape index (κ2) is 7.49. The minimum atomic E-state index is -2.15. The summed E-state index contributed by atoms with van der Waals surface area (Å²) in [5, 5.41) is 50.7. The maximum atomic E-state index is 10.1. The maximum Gasteiger partial charge on any atom is 0.255 e. The van der Waals surface area contributed by atoms with E-state index in [2.05, 4.69) is 12.2 Å². The minimum Gasteiger partial charge on any atom is -0.394 e. The number of nitrogens with one attached hydrogen (secondary N) is 1. The van der Waals surface area contributed by atoms with Gasteiger partial charge in [-0.05, 0) is 6.42 Å². The van der Waals surface area contributed by atoms with Gasteiger partial charge >= 0.3 is 0 Å². The summed E-state index contributed by atoms with van der Waals surface area (Å²) in [6.45, 7) is 1.91. The van der Waals surface area contributed by atoms with Crippen LogP contribution in [0.2, 0.25) is 0 Å². The van der Waals surface area contributed by atoms with Crippen LogP contribution in [0, 0.1) is 0 Å². The molecule has 0 aliphatic carbocycles. The molecule has 7 heteroatoms. The number of hydrogen-bond donors (Lipinski definition) is 6. The van der Waals surface area contributed by atoms with Crippen molar-refractivity contribution < 1.29 is 30.3 Å². The van der Waals surface area contributed by atoms with E-state index in [9.17, 15) is 20.4 Å². The van der Waals surface area contributed by atoms with Crippen LogP contribution in [0.5, 0.6) is 0 Å². The van der Waals surface area contributed by atoms with Gasteiger partial charge in [0.15, 0.2) is 6.10 Å². The number of aliphatic hydroxyl groups is 5. The van der Waals surface area contributed by atoms with Crippen molar-refractivity contribution in [2.24, 2.45) is 0 Å². The molecule has 1 aliphatic rings. The molecule has 114 valence electrons. The third kappa shape index (κ3) is 4.09. The van der Waals surface area contributed by atoms with Crippen molar-refractivity contribution in [1.29, 1.82) is 0 Å². The van der Waals surface area contributed by atoms with Gasteiger partial charge in [0.05, 0.1) is 6.61 Å². The molecule has 1 heterocycles. The highest BCUT2D eigenvalue weighted by atomic mass is 16.7. The van der Waals surface area contributed by atoms with E-state index in [1.165, 1.54) is 0 Å². The third-order valence-electron chi connectivity index (χ3n) is 3.37. The van der Waals surface area contributed by atoms with Gasteiger partial charge in [-0.2, -0.15) is 0 Å². The molecule has 0 aromatic rings. The zero-order valence-corrected chi connectivity index (χ0v) is 11.2. The van der Waals surface area contributed by atoms with Crippen LogP contribution in [0.1, 0.15) is 32.6 Å². The van der Waals surface area contributed by atoms with Crippen LogP contribution in [0.25, 0.3) is 0 Å². The summed E-state index contributed by atoms with van der Waals surface area (Å²) in [6, 6.07) is 0. The molecular formula is C12H25NO6. The van der Waals surface area contributed by atoms with E-state index in [1.54, 1.807) is 0 Å². The van der Waals surface area contributed by atoms with E-state index in [4.69, 9.17) is 9.84 Å². The quantitative estimate of drug-likeness (QED) is 0.242. The summed E-state index contributed by atoms with van der Waals surface area (Å²) in [7, 11) is 0. The smallest absolute Gasteiger partial charge is 0.255 e.